The van der Waals surface area contributed by atoms with Crippen molar-refractivity contribution in [1.29, 1.82) is 0 Å². The summed E-state index contributed by atoms with van der Waals surface area (Å²) >= 11 is 0. The van der Waals surface area contributed by atoms with Crippen molar-refractivity contribution in [3.63, 3.8) is 0 Å². The normalized spacial score (nSPS) is 10.2. The van der Waals surface area contributed by atoms with Gasteiger partial charge in [-0.05, 0) is 30.7 Å². The van der Waals surface area contributed by atoms with Crippen molar-refractivity contribution in [2.45, 2.75) is 13.5 Å². The fourth-order valence-electron chi connectivity index (χ4n) is 1.79. The van der Waals surface area contributed by atoms with Crippen molar-refractivity contribution in [2.24, 2.45) is 0 Å². The number of hydrogen-bond donors (Lipinski definition) is 2. The number of anilines is 1. The molecule has 4 nitrogen and oxygen atoms in total. The highest BCUT2D eigenvalue weighted by atomic mass is 19.1. The second kappa shape index (κ2) is 6.85. The summed E-state index contributed by atoms with van der Waals surface area (Å²) in [5, 5.41) is 11.7. The Morgan fingerprint density at radius 2 is 2.05 bits per heavy atom. The quantitative estimate of drug-likeness (QED) is 0.889. The van der Waals surface area contributed by atoms with Crippen LogP contribution in [0.25, 0.3) is 0 Å². The van der Waals surface area contributed by atoms with E-state index in [9.17, 15) is 9.18 Å². The van der Waals surface area contributed by atoms with E-state index < -0.39 is 5.91 Å². The third kappa shape index (κ3) is 4.03. The number of hydrogen-bond acceptors (Lipinski definition) is 3. The molecule has 2 aromatic rings. The van der Waals surface area contributed by atoms with Crippen LogP contribution < -0.4 is 10.1 Å². The number of aliphatic hydroxyl groups is 1. The maximum Gasteiger partial charge on any atom is 0.262 e. The molecule has 0 radical (unpaired) electrons. The molecule has 0 fully saturated rings. The maximum absolute atomic E-state index is 13.4. The molecule has 0 aliphatic heterocycles. The van der Waals surface area contributed by atoms with Crippen molar-refractivity contribution in [1.82, 2.24) is 0 Å². The molecule has 0 atom stereocenters. The molecule has 0 bridgehead atoms. The molecule has 110 valence electrons. The van der Waals surface area contributed by atoms with Crippen LogP contribution in [-0.4, -0.2) is 17.6 Å². The lowest BCUT2D eigenvalue weighted by Crippen LogP contribution is -2.20. The number of aryl methyl sites for hydroxylation is 1. The number of amides is 1. The van der Waals surface area contributed by atoms with Crippen LogP contribution in [0.3, 0.4) is 0 Å². The van der Waals surface area contributed by atoms with Gasteiger partial charge in [-0.3, -0.25) is 4.79 Å². The van der Waals surface area contributed by atoms with Gasteiger partial charge in [-0.1, -0.05) is 24.3 Å². The predicted molar refractivity (Wildman–Crippen MR) is 77.6 cm³/mol. The summed E-state index contributed by atoms with van der Waals surface area (Å²) in [6.07, 6.45) is 0. The van der Waals surface area contributed by atoms with E-state index in [1.165, 1.54) is 6.07 Å². The number of nitrogens with one attached hydrogen (secondary N) is 1. The Bertz CT molecular complexity index is 643. The van der Waals surface area contributed by atoms with E-state index in [1.54, 1.807) is 43.3 Å². The summed E-state index contributed by atoms with van der Waals surface area (Å²) in [7, 11) is 0. The Balaban J connectivity index is 1.94. The van der Waals surface area contributed by atoms with Crippen molar-refractivity contribution < 1.29 is 19.0 Å². The number of ether oxygens (including phenoxy) is 1. The Morgan fingerprint density at radius 3 is 2.76 bits per heavy atom. The molecule has 0 saturated heterocycles. The number of halogens is 1. The fraction of sp³-hybridized carbons (Fsp3) is 0.188. The standard InChI is InChI=1S/C16H16FNO3/c1-11-6-7-13(8-14(11)17)18-16(20)10-21-15-5-3-2-4-12(15)9-19/h2-8,19H,9-10H2,1H3,(H,18,20). The van der Waals surface area contributed by atoms with Crippen molar-refractivity contribution in [3.05, 3.63) is 59.4 Å². The highest BCUT2D eigenvalue weighted by molar-refractivity contribution is 5.91. The Morgan fingerprint density at radius 1 is 1.29 bits per heavy atom. The number of carbonyl (C=O) groups is 1. The average molecular weight is 289 g/mol. The summed E-state index contributed by atoms with van der Waals surface area (Å²) in [5.41, 5.74) is 1.50. The zero-order chi connectivity index (χ0) is 15.2. The zero-order valence-electron chi connectivity index (χ0n) is 11.6. The van der Waals surface area contributed by atoms with E-state index in [0.717, 1.165) is 0 Å². The molecule has 0 aliphatic carbocycles. The van der Waals surface area contributed by atoms with Gasteiger partial charge >= 0.3 is 0 Å². The molecular weight excluding hydrogens is 273 g/mol. The third-order valence-electron chi connectivity index (χ3n) is 2.96. The number of rotatable bonds is 5. The highest BCUT2D eigenvalue weighted by Gasteiger charge is 2.07. The van der Waals surface area contributed by atoms with E-state index in [2.05, 4.69) is 5.32 Å². The van der Waals surface area contributed by atoms with Crippen molar-refractivity contribution >= 4 is 11.6 Å². The topological polar surface area (TPSA) is 58.6 Å². The molecule has 5 heteroatoms. The van der Waals surface area contributed by atoms with Gasteiger partial charge in [0, 0.05) is 11.3 Å². The number of para-hydroxylation sites is 1. The van der Waals surface area contributed by atoms with Crippen LogP contribution in [-0.2, 0) is 11.4 Å². The highest BCUT2D eigenvalue weighted by Crippen LogP contribution is 2.18. The lowest BCUT2D eigenvalue weighted by atomic mass is 10.2. The Hall–Kier alpha value is -2.40. The van der Waals surface area contributed by atoms with Crippen LogP contribution in [0.2, 0.25) is 0 Å². The molecule has 0 aromatic heterocycles. The van der Waals surface area contributed by atoms with Gasteiger partial charge in [-0.15, -0.1) is 0 Å². The van der Waals surface area contributed by atoms with Gasteiger partial charge < -0.3 is 15.2 Å². The second-order valence-electron chi connectivity index (χ2n) is 4.57. The van der Waals surface area contributed by atoms with Crippen LogP contribution in [0.5, 0.6) is 5.75 Å². The maximum atomic E-state index is 13.4. The molecule has 2 N–H and O–H groups in total. The average Bonchev–Trinajstić information content (AvgIpc) is 2.49. The van der Waals surface area contributed by atoms with Gasteiger partial charge in [0.15, 0.2) is 6.61 Å². The van der Waals surface area contributed by atoms with Gasteiger partial charge in [0.1, 0.15) is 11.6 Å². The summed E-state index contributed by atoms with van der Waals surface area (Å²) in [6.45, 7) is 1.27. The van der Waals surface area contributed by atoms with Gasteiger partial charge in [0.25, 0.3) is 5.91 Å². The third-order valence-corrected chi connectivity index (χ3v) is 2.96. The lowest BCUT2D eigenvalue weighted by molar-refractivity contribution is -0.118. The fourth-order valence-corrected chi connectivity index (χ4v) is 1.79. The SMILES string of the molecule is Cc1ccc(NC(=O)COc2ccccc2CO)cc1F. The van der Waals surface area contributed by atoms with E-state index >= 15 is 0 Å². The molecule has 0 spiro atoms. The molecular formula is C16H16FNO3. The Labute approximate surface area is 122 Å². The molecule has 21 heavy (non-hydrogen) atoms. The minimum Gasteiger partial charge on any atom is -0.483 e. The van der Waals surface area contributed by atoms with Gasteiger partial charge in [-0.25, -0.2) is 4.39 Å². The summed E-state index contributed by atoms with van der Waals surface area (Å²) in [4.78, 5) is 11.8. The van der Waals surface area contributed by atoms with Crippen LogP contribution in [0.15, 0.2) is 42.5 Å². The molecule has 2 rings (SSSR count). The molecule has 0 saturated carbocycles. The van der Waals surface area contributed by atoms with Crippen LogP contribution in [0.4, 0.5) is 10.1 Å². The van der Waals surface area contributed by atoms with Crippen LogP contribution >= 0.6 is 0 Å². The van der Waals surface area contributed by atoms with E-state index in [1.807, 2.05) is 0 Å². The second-order valence-corrected chi connectivity index (χ2v) is 4.57. The molecule has 2 aromatic carbocycles. The first-order chi connectivity index (χ1) is 10.1. The number of carbonyl (C=O) groups excluding carboxylic acids is 1. The molecule has 1 amide bonds. The lowest BCUT2D eigenvalue weighted by Gasteiger charge is -2.10. The first-order valence-corrected chi connectivity index (χ1v) is 6.47. The summed E-state index contributed by atoms with van der Waals surface area (Å²) in [6, 6.07) is 11.4. The first kappa shape index (κ1) is 15.0. The van der Waals surface area contributed by atoms with E-state index in [-0.39, 0.29) is 19.0 Å². The minimum absolute atomic E-state index is 0.166. The minimum atomic E-state index is -0.397. The zero-order valence-corrected chi connectivity index (χ0v) is 11.6. The molecule has 0 heterocycles. The van der Waals surface area contributed by atoms with Gasteiger partial charge in [-0.2, -0.15) is 0 Å². The van der Waals surface area contributed by atoms with Crippen LogP contribution in [0.1, 0.15) is 11.1 Å². The van der Waals surface area contributed by atoms with Crippen LogP contribution in [0, 0.1) is 12.7 Å². The largest absolute Gasteiger partial charge is 0.483 e. The smallest absolute Gasteiger partial charge is 0.262 e. The first-order valence-electron chi connectivity index (χ1n) is 6.47. The number of benzene rings is 2. The van der Waals surface area contributed by atoms with E-state index in [0.29, 0.717) is 22.6 Å². The van der Waals surface area contributed by atoms with Crippen molar-refractivity contribution in [3.8, 4) is 5.75 Å². The molecule has 0 aliphatic rings. The van der Waals surface area contributed by atoms with Gasteiger partial charge in [0.05, 0.1) is 6.61 Å². The molecule has 0 unspecified atom stereocenters. The predicted octanol–water partition coefficient (Wildman–Crippen LogP) is 2.64. The number of aliphatic hydroxyl groups excluding tert-OH is 1. The Kier molecular flexibility index (Phi) is 4.90. The summed E-state index contributed by atoms with van der Waals surface area (Å²) < 4.78 is 18.7. The van der Waals surface area contributed by atoms with Crippen molar-refractivity contribution in [2.75, 3.05) is 11.9 Å². The van der Waals surface area contributed by atoms with Gasteiger partial charge in [0.2, 0.25) is 0 Å². The monoisotopic (exact) mass is 289 g/mol. The van der Waals surface area contributed by atoms with E-state index in [4.69, 9.17) is 9.84 Å². The summed E-state index contributed by atoms with van der Waals surface area (Å²) in [5.74, 6) is -0.324.